The molecule has 2 aromatic carbocycles. The zero-order valence-corrected chi connectivity index (χ0v) is 14.3. The minimum atomic E-state index is -3.15. The molecule has 0 bridgehead atoms. The Bertz CT molecular complexity index is 915. The van der Waals surface area contributed by atoms with Crippen molar-refractivity contribution in [3.63, 3.8) is 0 Å². The Labute approximate surface area is 153 Å². The first-order valence-electron chi connectivity index (χ1n) is 8.04. The number of hydrogen-bond acceptors (Lipinski definition) is 5. The zero-order chi connectivity index (χ0) is 19.4. The maximum Gasteiger partial charge on any atom is 0.387 e. The molecule has 1 atom stereocenters. The molecule has 9 heteroatoms. The number of aromatic nitrogens is 2. The largest absolute Gasteiger partial charge is 0.427 e. The third kappa shape index (κ3) is 4.38. The number of halogens is 2. The van der Waals surface area contributed by atoms with Crippen molar-refractivity contribution in [2.45, 2.75) is 19.6 Å². The fourth-order valence-corrected chi connectivity index (χ4v) is 2.62. The van der Waals surface area contributed by atoms with E-state index in [1.807, 2.05) is 43.5 Å². The van der Waals surface area contributed by atoms with Gasteiger partial charge in [-0.3, -0.25) is 10.1 Å². The van der Waals surface area contributed by atoms with Gasteiger partial charge in [0, 0.05) is 36.3 Å². The molecule has 1 heterocycles. The van der Waals surface area contributed by atoms with Crippen LogP contribution >= 0.6 is 0 Å². The number of nitrogens with one attached hydrogen (secondary N) is 1. The average Bonchev–Trinajstić information content (AvgIpc) is 3.16. The van der Waals surface area contributed by atoms with Crippen molar-refractivity contribution in [1.82, 2.24) is 9.78 Å². The summed E-state index contributed by atoms with van der Waals surface area (Å²) in [6.45, 7) is -1.26. The number of rotatable bonds is 7. The van der Waals surface area contributed by atoms with Gasteiger partial charge in [0.15, 0.2) is 0 Å². The fourth-order valence-electron chi connectivity index (χ4n) is 2.62. The van der Waals surface area contributed by atoms with Crippen molar-refractivity contribution in [3.05, 3.63) is 76.6 Å². The van der Waals surface area contributed by atoms with Crippen LogP contribution in [0.1, 0.15) is 18.5 Å². The second-order valence-corrected chi connectivity index (χ2v) is 5.73. The van der Waals surface area contributed by atoms with E-state index in [-0.39, 0.29) is 6.04 Å². The van der Waals surface area contributed by atoms with Crippen LogP contribution in [0.3, 0.4) is 0 Å². The number of nitro groups is 1. The molecule has 3 rings (SSSR count). The molecule has 0 spiro atoms. The van der Waals surface area contributed by atoms with Crippen molar-refractivity contribution in [2.75, 3.05) is 5.32 Å². The molecule has 27 heavy (non-hydrogen) atoms. The predicted molar refractivity (Wildman–Crippen MR) is 95.3 cm³/mol. The topological polar surface area (TPSA) is 82.2 Å². The highest BCUT2D eigenvalue weighted by molar-refractivity contribution is 5.58. The molecule has 0 aliphatic rings. The number of alkyl halides is 2. The Kier molecular flexibility index (Phi) is 5.30. The van der Waals surface area contributed by atoms with Gasteiger partial charge in [0.2, 0.25) is 5.75 Å². The van der Waals surface area contributed by atoms with Crippen LogP contribution < -0.4 is 10.1 Å². The third-order valence-electron chi connectivity index (χ3n) is 3.92. The summed E-state index contributed by atoms with van der Waals surface area (Å²) in [6.07, 6.45) is 3.52. The van der Waals surface area contributed by atoms with Crippen molar-refractivity contribution < 1.29 is 18.4 Å². The molecule has 0 amide bonds. The average molecular weight is 374 g/mol. The second kappa shape index (κ2) is 7.81. The highest BCUT2D eigenvalue weighted by Crippen LogP contribution is 2.32. The highest BCUT2D eigenvalue weighted by atomic mass is 19.3. The predicted octanol–water partition coefficient (Wildman–Crippen LogP) is 4.56. The van der Waals surface area contributed by atoms with Gasteiger partial charge in [-0.05, 0) is 36.8 Å². The van der Waals surface area contributed by atoms with E-state index >= 15 is 0 Å². The van der Waals surface area contributed by atoms with Crippen LogP contribution in [0, 0.1) is 10.1 Å². The van der Waals surface area contributed by atoms with E-state index in [0.717, 1.165) is 17.3 Å². The van der Waals surface area contributed by atoms with Gasteiger partial charge >= 0.3 is 12.3 Å². The summed E-state index contributed by atoms with van der Waals surface area (Å²) in [7, 11) is 0. The van der Waals surface area contributed by atoms with Crippen LogP contribution in [0.5, 0.6) is 5.75 Å². The van der Waals surface area contributed by atoms with Crippen LogP contribution in [0.15, 0.2) is 60.9 Å². The fraction of sp³-hybridized carbons (Fsp3) is 0.167. The van der Waals surface area contributed by atoms with Gasteiger partial charge < -0.3 is 10.1 Å². The van der Waals surface area contributed by atoms with E-state index in [1.165, 1.54) is 12.1 Å². The molecular formula is C18H16F2N4O3. The Balaban J connectivity index is 1.77. The Morgan fingerprint density at radius 3 is 2.56 bits per heavy atom. The molecule has 0 saturated carbocycles. The third-order valence-corrected chi connectivity index (χ3v) is 3.92. The molecular weight excluding hydrogens is 358 g/mol. The summed E-state index contributed by atoms with van der Waals surface area (Å²) < 4.78 is 31.0. The summed E-state index contributed by atoms with van der Waals surface area (Å²) in [6, 6.07) is 13.1. The van der Waals surface area contributed by atoms with Crippen LogP contribution in [0.25, 0.3) is 5.69 Å². The molecule has 1 aromatic heterocycles. The van der Waals surface area contributed by atoms with Crippen LogP contribution in [-0.4, -0.2) is 21.3 Å². The number of nitrogens with zero attached hydrogens (tertiary/aromatic N) is 3. The van der Waals surface area contributed by atoms with Crippen LogP contribution in [-0.2, 0) is 0 Å². The van der Waals surface area contributed by atoms with Gasteiger partial charge in [0.1, 0.15) is 0 Å². The van der Waals surface area contributed by atoms with Crippen molar-refractivity contribution in [1.29, 1.82) is 0 Å². The van der Waals surface area contributed by atoms with Gasteiger partial charge in [-0.1, -0.05) is 12.1 Å². The van der Waals surface area contributed by atoms with Gasteiger partial charge in [-0.15, -0.1) is 0 Å². The lowest BCUT2D eigenvalue weighted by molar-refractivity contribution is -0.386. The molecule has 7 nitrogen and oxygen atoms in total. The van der Waals surface area contributed by atoms with Crippen LogP contribution in [0.2, 0.25) is 0 Å². The van der Waals surface area contributed by atoms with Crippen molar-refractivity contribution in [2.24, 2.45) is 0 Å². The molecule has 0 fully saturated rings. The molecule has 1 N–H and O–H groups in total. The molecule has 3 aromatic rings. The van der Waals surface area contributed by atoms with Crippen molar-refractivity contribution >= 4 is 11.4 Å². The summed E-state index contributed by atoms with van der Waals surface area (Å²) in [5, 5.41) is 18.2. The van der Waals surface area contributed by atoms with Crippen molar-refractivity contribution in [3.8, 4) is 11.4 Å². The standard InChI is InChI=1S/C18H16F2N4O3/c1-12(13-3-6-15(7-4-13)23-10-2-9-21-23)22-14-5-8-16(24(25)26)17(11-14)27-18(19)20/h2-12,18,22H,1H3. The normalized spacial score (nSPS) is 12.0. The van der Waals surface area contributed by atoms with Gasteiger partial charge in [-0.25, -0.2) is 4.68 Å². The molecule has 0 aliphatic heterocycles. The Morgan fingerprint density at radius 1 is 1.22 bits per heavy atom. The molecule has 0 radical (unpaired) electrons. The highest BCUT2D eigenvalue weighted by Gasteiger charge is 2.19. The quantitative estimate of drug-likeness (QED) is 0.484. The summed E-state index contributed by atoms with van der Waals surface area (Å²) >= 11 is 0. The molecule has 0 saturated heterocycles. The number of anilines is 1. The van der Waals surface area contributed by atoms with Gasteiger partial charge in [0.05, 0.1) is 10.6 Å². The van der Waals surface area contributed by atoms with E-state index in [4.69, 9.17) is 0 Å². The minimum Gasteiger partial charge on any atom is -0.427 e. The van der Waals surface area contributed by atoms with E-state index < -0.39 is 23.0 Å². The lowest BCUT2D eigenvalue weighted by Crippen LogP contribution is -2.09. The summed E-state index contributed by atoms with van der Waals surface area (Å²) in [4.78, 5) is 10.2. The summed E-state index contributed by atoms with van der Waals surface area (Å²) in [5.74, 6) is -0.485. The number of ether oxygens (including phenoxy) is 1. The number of nitro benzene ring substituents is 1. The molecule has 140 valence electrons. The molecule has 1 unspecified atom stereocenters. The second-order valence-electron chi connectivity index (χ2n) is 5.73. The van der Waals surface area contributed by atoms with Gasteiger partial charge in [0.25, 0.3) is 0 Å². The van der Waals surface area contributed by atoms with Crippen LogP contribution in [0.4, 0.5) is 20.2 Å². The first kappa shape index (κ1) is 18.3. The van der Waals surface area contributed by atoms with E-state index in [9.17, 15) is 18.9 Å². The number of benzene rings is 2. The monoisotopic (exact) mass is 374 g/mol. The summed E-state index contributed by atoms with van der Waals surface area (Å²) in [5.41, 5.74) is 1.76. The molecule has 0 aliphatic carbocycles. The smallest absolute Gasteiger partial charge is 0.387 e. The zero-order valence-electron chi connectivity index (χ0n) is 14.3. The van der Waals surface area contributed by atoms with E-state index in [0.29, 0.717) is 5.69 Å². The maximum absolute atomic E-state index is 12.5. The maximum atomic E-state index is 12.5. The lowest BCUT2D eigenvalue weighted by atomic mass is 10.1. The van der Waals surface area contributed by atoms with Gasteiger partial charge in [-0.2, -0.15) is 13.9 Å². The SMILES string of the molecule is CC(Nc1ccc([N+](=O)[O-])c(OC(F)F)c1)c1ccc(-n2cccn2)cc1. The number of hydrogen-bond donors (Lipinski definition) is 1. The minimum absolute atomic E-state index is 0.169. The lowest BCUT2D eigenvalue weighted by Gasteiger charge is -2.17. The van der Waals surface area contributed by atoms with E-state index in [2.05, 4.69) is 15.2 Å². The Morgan fingerprint density at radius 2 is 1.96 bits per heavy atom. The first-order chi connectivity index (χ1) is 12.9. The van der Waals surface area contributed by atoms with E-state index in [1.54, 1.807) is 10.9 Å². The first-order valence-corrected chi connectivity index (χ1v) is 8.04. The Hall–Kier alpha value is -3.49.